The number of hydrogen-bond donors (Lipinski definition) is 2. The smallest absolute Gasteiger partial charge is 0.232 e. The van der Waals surface area contributed by atoms with Gasteiger partial charge in [-0.2, -0.15) is 0 Å². The number of imidazole rings is 1. The van der Waals surface area contributed by atoms with Gasteiger partial charge >= 0.3 is 0 Å². The Balaban J connectivity index is 1.55. The van der Waals surface area contributed by atoms with Crippen LogP contribution in [-0.2, 0) is 4.79 Å². The molecule has 1 saturated heterocycles. The maximum absolute atomic E-state index is 12.2. The molecule has 2 atom stereocenters. The lowest BCUT2D eigenvalue weighted by atomic mass is 10.1. The third-order valence-corrected chi connectivity index (χ3v) is 5.28. The Morgan fingerprint density at radius 3 is 3.09 bits per heavy atom. The number of hydrogen-bond acceptors (Lipinski definition) is 4. The van der Waals surface area contributed by atoms with E-state index < -0.39 is 0 Å². The number of aliphatic hydroxyl groups is 1. The highest BCUT2D eigenvalue weighted by Crippen LogP contribution is 2.28. The Morgan fingerprint density at radius 1 is 1.55 bits per heavy atom. The van der Waals surface area contributed by atoms with Crippen molar-refractivity contribution in [2.75, 3.05) is 25.4 Å². The number of aromatic amines is 1. The quantitative estimate of drug-likeness (QED) is 0.886. The number of nitrogens with zero attached hydrogens (tertiary/aromatic N) is 2. The van der Waals surface area contributed by atoms with Crippen LogP contribution in [0.1, 0.15) is 24.4 Å². The van der Waals surface area contributed by atoms with E-state index in [2.05, 4.69) is 16.9 Å². The summed E-state index contributed by atoms with van der Waals surface area (Å²) < 4.78 is 0. The van der Waals surface area contributed by atoms with E-state index in [9.17, 15) is 4.79 Å². The second-order valence-corrected chi connectivity index (χ2v) is 7.10. The maximum Gasteiger partial charge on any atom is 0.232 e. The molecule has 1 aromatic heterocycles. The number of benzene rings is 1. The number of aliphatic hydroxyl groups excluding tert-OH is 1. The normalized spacial score (nSPS) is 19.7. The monoisotopic (exact) mass is 319 g/mol. The Kier molecular flexibility index (Phi) is 4.69. The minimum absolute atomic E-state index is 0.146. The number of H-pyrrole nitrogens is 1. The topological polar surface area (TPSA) is 69.2 Å². The van der Waals surface area contributed by atoms with E-state index in [-0.39, 0.29) is 23.7 Å². The van der Waals surface area contributed by atoms with Gasteiger partial charge in [-0.05, 0) is 25.5 Å². The van der Waals surface area contributed by atoms with Crippen molar-refractivity contribution in [3.63, 3.8) is 0 Å². The van der Waals surface area contributed by atoms with Crippen LogP contribution in [0.5, 0.6) is 0 Å². The van der Waals surface area contributed by atoms with Crippen molar-refractivity contribution < 1.29 is 9.90 Å². The Hall–Kier alpha value is -1.53. The van der Waals surface area contributed by atoms with Crippen molar-refractivity contribution >= 4 is 28.7 Å². The molecule has 2 aromatic rings. The molecule has 118 valence electrons. The lowest BCUT2D eigenvalue weighted by Gasteiger charge is -2.17. The first kappa shape index (κ1) is 15.4. The average Bonchev–Trinajstić information content (AvgIpc) is 3.18. The third kappa shape index (κ3) is 3.28. The molecular formula is C16H21N3O2S. The number of likely N-dealkylation sites (tertiary alicyclic amines) is 1. The number of carbonyl (C=O) groups is 1. The third-order valence-electron chi connectivity index (χ3n) is 4.15. The molecule has 1 aliphatic rings. The van der Waals surface area contributed by atoms with E-state index in [1.54, 1.807) is 11.8 Å². The number of para-hydroxylation sites is 2. The second kappa shape index (κ2) is 6.71. The standard InChI is InChI=1S/C16H21N3O2S/c1-11(16-17-13-4-2-3-5-14(13)18-16)22-10-15(21)19-7-6-12(8-19)9-20/h2-5,11-12,20H,6-10H2,1H3,(H,17,18). The highest BCUT2D eigenvalue weighted by Gasteiger charge is 2.26. The first-order valence-corrected chi connectivity index (χ1v) is 8.67. The summed E-state index contributed by atoms with van der Waals surface area (Å²) in [6, 6.07) is 7.95. The lowest BCUT2D eigenvalue weighted by molar-refractivity contribution is -0.127. The van der Waals surface area contributed by atoms with E-state index in [1.807, 2.05) is 29.2 Å². The molecule has 1 aromatic carbocycles. The second-order valence-electron chi connectivity index (χ2n) is 5.77. The summed E-state index contributed by atoms with van der Waals surface area (Å²) in [6.45, 7) is 3.70. The summed E-state index contributed by atoms with van der Waals surface area (Å²) >= 11 is 1.60. The Bertz CT molecular complexity index is 625. The molecule has 1 aliphatic heterocycles. The zero-order chi connectivity index (χ0) is 15.5. The van der Waals surface area contributed by atoms with Crippen LogP contribution in [0.4, 0.5) is 0 Å². The van der Waals surface area contributed by atoms with E-state index >= 15 is 0 Å². The van der Waals surface area contributed by atoms with Crippen LogP contribution < -0.4 is 0 Å². The van der Waals surface area contributed by atoms with Gasteiger partial charge in [0.1, 0.15) is 5.82 Å². The van der Waals surface area contributed by atoms with Crippen LogP contribution in [0.3, 0.4) is 0 Å². The summed E-state index contributed by atoms with van der Waals surface area (Å²) in [5.74, 6) is 1.77. The summed E-state index contributed by atoms with van der Waals surface area (Å²) in [5.41, 5.74) is 1.99. The molecule has 0 spiro atoms. The van der Waals surface area contributed by atoms with Gasteiger partial charge in [0.25, 0.3) is 0 Å². The van der Waals surface area contributed by atoms with Crippen molar-refractivity contribution in [2.24, 2.45) is 5.92 Å². The van der Waals surface area contributed by atoms with Gasteiger partial charge in [0.05, 0.1) is 22.0 Å². The van der Waals surface area contributed by atoms with Crippen molar-refractivity contribution in [3.8, 4) is 0 Å². The summed E-state index contributed by atoms with van der Waals surface area (Å²) in [6.07, 6.45) is 0.909. The molecule has 1 amide bonds. The van der Waals surface area contributed by atoms with E-state index in [1.165, 1.54) is 0 Å². The molecule has 0 saturated carbocycles. The highest BCUT2D eigenvalue weighted by atomic mass is 32.2. The number of fused-ring (bicyclic) bond motifs is 1. The number of carbonyl (C=O) groups excluding carboxylic acids is 1. The average molecular weight is 319 g/mol. The Morgan fingerprint density at radius 2 is 2.36 bits per heavy atom. The molecule has 5 nitrogen and oxygen atoms in total. The van der Waals surface area contributed by atoms with E-state index in [0.717, 1.165) is 29.8 Å². The van der Waals surface area contributed by atoms with Crippen molar-refractivity contribution in [1.82, 2.24) is 14.9 Å². The first-order valence-electron chi connectivity index (χ1n) is 7.62. The van der Waals surface area contributed by atoms with Crippen LogP contribution in [0.2, 0.25) is 0 Å². The van der Waals surface area contributed by atoms with Crippen molar-refractivity contribution in [2.45, 2.75) is 18.6 Å². The fraction of sp³-hybridized carbons (Fsp3) is 0.500. The molecule has 3 rings (SSSR count). The molecule has 0 aliphatic carbocycles. The Labute approximate surface area is 134 Å². The molecular weight excluding hydrogens is 298 g/mol. The van der Waals surface area contributed by atoms with Crippen LogP contribution in [0, 0.1) is 5.92 Å². The fourth-order valence-electron chi connectivity index (χ4n) is 2.74. The van der Waals surface area contributed by atoms with Crippen LogP contribution in [-0.4, -0.2) is 51.3 Å². The largest absolute Gasteiger partial charge is 0.396 e. The molecule has 1 fully saturated rings. The van der Waals surface area contributed by atoms with Crippen LogP contribution in [0.15, 0.2) is 24.3 Å². The van der Waals surface area contributed by atoms with E-state index in [0.29, 0.717) is 12.3 Å². The minimum atomic E-state index is 0.146. The molecule has 2 heterocycles. The van der Waals surface area contributed by atoms with Gasteiger partial charge in [-0.25, -0.2) is 4.98 Å². The van der Waals surface area contributed by atoms with Gasteiger partial charge in [-0.3, -0.25) is 4.79 Å². The number of aromatic nitrogens is 2. The summed E-state index contributed by atoms with van der Waals surface area (Å²) in [4.78, 5) is 22.0. The predicted octanol–water partition coefficient (Wildman–Crippen LogP) is 2.20. The minimum Gasteiger partial charge on any atom is -0.396 e. The maximum atomic E-state index is 12.2. The number of thioether (sulfide) groups is 1. The van der Waals surface area contributed by atoms with Gasteiger partial charge in [0.2, 0.25) is 5.91 Å². The summed E-state index contributed by atoms with van der Waals surface area (Å²) in [5, 5.41) is 9.29. The highest BCUT2D eigenvalue weighted by molar-refractivity contribution is 8.00. The van der Waals surface area contributed by atoms with Gasteiger partial charge in [0.15, 0.2) is 0 Å². The van der Waals surface area contributed by atoms with Gasteiger partial charge in [-0.15, -0.1) is 11.8 Å². The molecule has 2 unspecified atom stereocenters. The van der Waals surface area contributed by atoms with Gasteiger partial charge in [-0.1, -0.05) is 12.1 Å². The van der Waals surface area contributed by atoms with Crippen LogP contribution in [0.25, 0.3) is 11.0 Å². The van der Waals surface area contributed by atoms with Crippen molar-refractivity contribution in [1.29, 1.82) is 0 Å². The number of nitrogens with one attached hydrogen (secondary N) is 1. The van der Waals surface area contributed by atoms with Crippen molar-refractivity contribution in [3.05, 3.63) is 30.1 Å². The molecule has 2 N–H and O–H groups in total. The first-order chi connectivity index (χ1) is 10.7. The predicted molar refractivity (Wildman–Crippen MR) is 88.7 cm³/mol. The van der Waals surface area contributed by atoms with Gasteiger partial charge in [0, 0.05) is 25.6 Å². The lowest BCUT2D eigenvalue weighted by Crippen LogP contribution is -2.30. The summed E-state index contributed by atoms with van der Waals surface area (Å²) in [7, 11) is 0. The van der Waals surface area contributed by atoms with E-state index in [4.69, 9.17) is 5.11 Å². The number of rotatable bonds is 5. The molecule has 22 heavy (non-hydrogen) atoms. The zero-order valence-electron chi connectivity index (χ0n) is 12.7. The van der Waals surface area contributed by atoms with Crippen LogP contribution >= 0.6 is 11.8 Å². The van der Waals surface area contributed by atoms with Gasteiger partial charge < -0.3 is 15.0 Å². The fourth-order valence-corrected chi connectivity index (χ4v) is 3.58. The number of amides is 1. The zero-order valence-corrected chi connectivity index (χ0v) is 13.5. The molecule has 6 heteroatoms. The molecule has 0 radical (unpaired) electrons. The molecule has 0 bridgehead atoms. The SMILES string of the molecule is CC(SCC(=O)N1CCC(CO)C1)c1nc2ccccc2[nH]1.